The van der Waals surface area contributed by atoms with E-state index in [9.17, 15) is 0 Å². The molecule has 223 valence electrons. The molecule has 0 N–H and O–H groups in total. The molecule has 0 fully saturated rings. The Bertz CT molecular complexity index is 1840. The van der Waals surface area contributed by atoms with Crippen molar-refractivity contribution in [2.24, 2.45) is 0 Å². The van der Waals surface area contributed by atoms with E-state index in [0.717, 1.165) is 44.6 Å². The van der Waals surface area contributed by atoms with E-state index in [-0.39, 0.29) is 20.1 Å². The molecule has 6 rings (SSSR count). The predicted octanol–water partition coefficient (Wildman–Crippen LogP) is 9.49. The van der Waals surface area contributed by atoms with Crippen LogP contribution in [0.2, 0.25) is 19.6 Å². The van der Waals surface area contributed by atoms with Crippen LogP contribution in [0.25, 0.3) is 44.6 Å². The maximum absolute atomic E-state index is 6.04. The number of pyridine rings is 3. The largest absolute Gasteiger partial charge is 0.486 e. The third-order valence-corrected chi connectivity index (χ3v) is 9.53. The van der Waals surface area contributed by atoms with E-state index in [1.807, 2.05) is 49.5 Å². The Morgan fingerprint density at radius 1 is 0.791 bits per heavy atom. The fraction of sp³-hybridized carbons (Fsp3) is 0.270. The van der Waals surface area contributed by atoms with E-state index in [2.05, 4.69) is 111 Å². The quantitative estimate of drug-likeness (QED) is 0.130. The minimum atomic E-state index is -1.34. The Balaban J connectivity index is 0.000000196. The molecule has 0 spiro atoms. The van der Waals surface area contributed by atoms with Crippen LogP contribution in [0.3, 0.4) is 0 Å². The third-order valence-electron chi connectivity index (χ3n) is 7.50. The Hall–Kier alpha value is -3.44. The summed E-state index contributed by atoms with van der Waals surface area (Å²) in [6.45, 7) is 18.0. The summed E-state index contributed by atoms with van der Waals surface area (Å²) in [6.07, 6.45) is 3.94. The van der Waals surface area contributed by atoms with Gasteiger partial charge in [0, 0.05) is 43.6 Å². The Morgan fingerprint density at radius 3 is 2.26 bits per heavy atom. The summed E-state index contributed by atoms with van der Waals surface area (Å²) in [5, 5.41) is 3.56. The van der Waals surface area contributed by atoms with Crippen molar-refractivity contribution in [3.05, 3.63) is 108 Å². The number of benzene rings is 2. The van der Waals surface area contributed by atoms with E-state index in [4.69, 9.17) is 4.42 Å². The maximum Gasteiger partial charge on any atom is 0.216 e. The first-order valence-corrected chi connectivity index (χ1v) is 18.2. The molecule has 0 unspecified atom stereocenters. The zero-order valence-corrected chi connectivity index (χ0v) is 29.6. The Labute approximate surface area is 270 Å². The minimum Gasteiger partial charge on any atom is -0.486 e. The zero-order chi connectivity index (χ0) is 30.0. The summed E-state index contributed by atoms with van der Waals surface area (Å²) in [6, 6.07) is 29.0. The molecule has 43 heavy (non-hydrogen) atoms. The van der Waals surface area contributed by atoms with Gasteiger partial charge in [0.15, 0.2) is 0 Å². The second-order valence-corrected chi connectivity index (χ2v) is 17.5. The fourth-order valence-corrected chi connectivity index (χ4v) is 6.80. The summed E-state index contributed by atoms with van der Waals surface area (Å²) in [5.41, 5.74) is 9.00. The molecule has 0 bridgehead atoms. The first-order chi connectivity index (χ1) is 20.0. The van der Waals surface area contributed by atoms with Gasteiger partial charge in [-0.15, -0.1) is 54.1 Å². The number of hydrogen-bond acceptors (Lipinski definition) is 4. The van der Waals surface area contributed by atoms with Gasteiger partial charge in [-0.25, -0.2) is 4.98 Å². The molecular formula is C37H39IrN3OSi-2. The molecule has 6 aromatic rings. The van der Waals surface area contributed by atoms with Gasteiger partial charge in [-0.1, -0.05) is 81.5 Å². The fourth-order valence-electron chi connectivity index (χ4n) is 5.12. The van der Waals surface area contributed by atoms with Crippen LogP contribution in [0.15, 0.2) is 83.5 Å². The molecule has 0 aliphatic heterocycles. The number of hydrogen-bond donors (Lipinski definition) is 0. The van der Waals surface area contributed by atoms with Gasteiger partial charge < -0.3 is 14.4 Å². The number of aryl methyl sites for hydroxylation is 1. The molecule has 4 heterocycles. The predicted molar refractivity (Wildman–Crippen MR) is 178 cm³/mol. The number of fused-ring (bicyclic) bond motifs is 3. The molecule has 0 aliphatic rings. The summed E-state index contributed by atoms with van der Waals surface area (Å²) >= 11 is 0. The van der Waals surface area contributed by atoms with Crippen molar-refractivity contribution in [1.82, 2.24) is 15.0 Å². The number of aromatic nitrogens is 3. The van der Waals surface area contributed by atoms with E-state index in [0.29, 0.717) is 17.5 Å². The molecule has 0 saturated heterocycles. The average Bonchev–Trinajstić information content (AvgIpc) is 3.35. The van der Waals surface area contributed by atoms with Crippen molar-refractivity contribution in [1.29, 1.82) is 0 Å². The number of rotatable bonds is 5. The number of nitrogens with zero attached hydrogens (tertiary/aromatic N) is 3. The molecule has 4 nitrogen and oxygen atoms in total. The van der Waals surface area contributed by atoms with Gasteiger partial charge in [-0.3, -0.25) is 0 Å². The van der Waals surface area contributed by atoms with Gasteiger partial charge >= 0.3 is 0 Å². The van der Waals surface area contributed by atoms with E-state index < -0.39 is 8.07 Å². The van der Waals surface area contributed by atoms with Gasteiger partial charge in [0.1, 0.15) is 0 Å². The molecule has 0 atom stereocenters. The van der Waals surface area contributed by atoms with Crippen LogP contribution in [0.4, 0.5) is 0 Å². The first-order valence-electron chi connectivity index (χ1n) is 14.7. The molecule has 0 saturated carbocycles. The monoisotopic (exact) mass is 762 g/mol. The summed E-state index contributed by atoms with van der Waals surface area (Å²) < 4.78 is 6.04. The Morgan fingerprint density at radius 2 is 1.58 bits per heavy atom. The molecule has 1 radical (unpaired) electrons. The summed E-state index contributed by atoms with van der Waals surface area (Å²) in [4.78, 5) is 13.7. The first kappa shape index (κ1) is 32.5. The molecule has 2 aromatic carbocycles. The van der Waals surface area contributed by atoms with Crippen LogP contribution in [0, 0.1) is 19.1 Å². The van der Waals surface area contributed by atoms with Crippen LogP contribution >= 0.6 is 0 Å². The topological polar surface area (TPSA) is 51.8 Å². The normalized spacial score (nSPS) is 11.5. The molecule has 4 aromatic heterocycles. The van der Waals surface area contributed by atoms with Gasteiger partial charge in [0.05, 0.1) is 13.7 Å². The van der Waals surface area contributed by atoms with E-state index >= 15 is 0 Å². The second kappa shape index (κ2) is 13.5. The van der Waals surface area contributed by atoms with Crippen LogP contribution in [0.5, 0.6) is 0 Å². The zero-order valence-electron chi connectivity index (χ0n) is 26.2. The Kier molecular flexibility index (Phi) is 10.2. The van der Waals surface area contributed by atoms with Gasteiger partial charge in [-0.2, -0.15) is 0 Å². The van der Waals surface area contributed by atoms with Gasteiger partial charge in [-0.05, 0) is 53.5 Å². The molecule has 0 aliphatic carbocycles. The molecule has 0 amide bonds. The third kappa shape index (κ3) is 7.21. The van der Waals surface area contributed by atoms with E-state index in [1.54, 1.807) is 0 Å². The molecular weight excluding hydrogens is 723 g/mol. The minimum absolute atomic E-state index is 0. The van der Waals surface area contributed by atoms with Gasteiger partial charge in [0.2, 0.25) is 5.71 Å². The summed E-state index contributed by atoms with van der Waals surface area (Å²) in [7, 11) is -1.34. The van der Waals surface area contributed by atoms with Crippen molar-refractivity contribution >= 4 is 35.3 Å². The van der Waals surface area contributed by atoms with Crippen LogP contribution in [-0.2, 0) is 20.1 Å². The van der Waals surface area contributed by atoms with Crippen LogP contribution in [0.1, 0.15) is 56.4 Å². The maximum atomic E-state index is 6.04. The standard InChI is InChI=1S/C20H17N2O.C17H22NSi.Ir/c1-12(2)14-9-10-21-18(11-14)17-6-4-5-15-16-8-7-13(3)22-20(16)23-19(15)17;1-13(2)15-11-16(14-9-7-6-8-10-14)18-12-17(15)19(3,4)5;/h4-5,7-12H,1-3H3;6-9,11-13H,1-5H3;/q2*-1;. The van der Waals surface area contributed by atoms with Crippen molar-refractivity contribution < 1.29 is 24.5 Å². The van der Waals surface area contributed by atoms with Crippen molar-refractivity contribution in [2.45, 2.75) is 66.1 Å². The van der Waals surface area contributed by atoms with Crippen LogP contribution in [-0.4, -0.2) is 23.0 Å². The van der Waals surface area contributed by atoms with Crippen molar-refractivity contribution in [3.8, 4) is 22.5 Å². The smallest absolute Gasteiger partial charge is 0.216 e. The van der Waals surface area contributed by atoms with Crippen LogP contribution < -0.4 is 5.19 Å². The average molecular weight is 762 g/mol. The van der Waals surface area contributed by atoms with E-state index in [1.165, 1.54) is 16.3 Å². The SMILES string of the molecule is CC(C)c1cc(-c2[c-]cccc2)ncc1[Si](C)(C)C.Cc1ccc2c(n1)oc1c(-c3cc(C(C)C)ccn3)[c-]ccc12.[Ir]. The van der Waals surface area contributed by atoms with Crippen molar-refractivity contribution in [3.63, 3.8) is 0 Å². The summed E-state index contributed by atoms with van der Waals surface area (Å²) in [5.74, 6) is 0.989. The second-order valence-electron chi connectivity index (χ2n) is 12.5. The van der Waals surface area contributed by atoms with Gasteiger partial charge in [0.25, 0.3) is 0 Å². The van der Waals surface area contributed by atoms with Crippen molar-refractivity contribution in [2.75, 3.05) is 0 Å². The number of furan rings is 1. The molecule has 6 heteroatoms.